The lowest BCUT2D eigenvalue weighted by molar-refractivity contribution is -0.143. The molecule has 2 bridgehead atoms. The third-order valence-corrected chi connectivity index (χ3v) is 10.9. The number of hydrogen-bond acceptors (Lipinski definition) is 6. The lowest BCUT2D eigenvalue weighted by Gasteiger charge is -2.41. The second kappa shape index (κ2) is 10.3. The van der Waals surface area contributed by atoms with E-state index < -0.39 is 6.10 Å². The molecule has 0 aromatic heterocycles. The molecule has 6 rings (SSSR count). The largest absolute Gasteiger partial charge is 0.392 e. The lowest BCUT2D eigenvalue weighted by atomic mass is 9.78. The molecule has 2 amide bonds. The number of amidine groups is 1. The van der Waals surface area contributed by atoms with Crippen LogP contribution >= 0.6 is 11.8 Å². The van der Waals surface area contributed by atoms with E-state index in [1.54, 1.807) is 16.7 Å². The Morgan fingerprint density at radius 1 is 0.919 bits per heavy atom. The monoisotopic (exact) mass is 524 g/mol. The molecule has 200 valence electrons. The Morgan fingerprint density at radius 2 is 1.51 bits per heavy atom. The zero-order valence-electron chi connectivity index (χ0n) is 21.8. The number of likely N-dealkylation sites (tertiary alicyclic amines) is 1. The minimum Gasteiger partial charge on any atom is -0.392 e. The van der Waals surface area contributed by atoms with E-state index >= 15 is 0 Å². The maximum absolute atomic E-state index is 13.3. The Hall–Kier alpha value is -1.90. The van der Waals surface area contributed by atoms with Crippen molar-refractivity contribution in [1.82, 2.24) is 14.7 Å². The van der Waals surface area contributed by atoms with Gasteiger partial charge in [0.1, 0.15) is 5.84 Å². The van der Waals surface area contributed by atoms with Crippen LogP contribution in [0.3, 0.4) is 0 Å². The first-order valence-corrected chi connectivity index (χ1v) is 15.4. The van der Waals surface area contributed by atoms with Crippen molar-refractivity contribution in [2.75, 3.05) is 45.5 Å². The maximum atomic E-state index is 13.3. The lowest BCUT2D eigenvalue weighted by Crippen LogP contribution is -2.51. The molecule has 7 atom stereocenters. The number of imide groups is 1. The molecule has 3 saturated carbocycles. The van der Waals surface area contributed by atoms with Gasteiger partial charge in [-0.05, 0) is 61.7 Å². The molecule has 0 spiro atoms. The van der Waals surface area contributed by atoms with Crippen molar-refractivity contribution in [2.24, 2.45) is 35.5 Å². The molecule has 2 heterocycles. The maximum Gasteiger partial charge on any atom is 0.233 e. The summed E-state index contributed by atoms with van der Waals surface area (Å²) in [6.07, 6.45) is 8.03. The van der Waals surface area contributed by atoms with Crippen LogP contribution in [0.1, 0.15) is 44.1 Å². The standard InChI is InChI=1S/C29H40N4O3S/c1-37-23-9-5-4-8-20(23)27(30)32-14-12-31(13-15-32)16-18-6-2-3-7-19(18)17-33-28(35)24-21-10-11-22(26(21)34)25(24)29(33)36/h4-5,8-9,18-19,21-22,24-26,30,34H,2-3,6-7,10-17H2,1H3/t18-,19-,21-,22+,24-,25+,26?/m0/s1. The van der Waals surface area contributed by atoms with Gasteiger partial charge < -0.3 is 10.0 Å². The summed E-state index contributed by atoms with van der Waals surface area (Å²) in [5, 5.41) is 19.3. The van der Waals surface area contributed by atoms with E-state index in [0.717, 1.165) is 68.9 Å². The van der Waals surface area contributed by atoms with Gasteiger partial charge in [-0.3, -0.25) is 24.8 Å². The number of hydrogen-bond donors (Lipinski definition) is 2. The summed E-state index contributed by atoms with van der Waals surface area (Å²) in [7, 11) is 0. The first-order valence-electron chi connectivity index (χ1n) is 14.2. The van der Waals surface area contributed by atoms with Crippen LogP contribution in [0.2, 0.25) is 0 Å². The number of nitrogens with one attached hydrogen (secondary N) is 1. The second-order valence-corrected chi connectivity index (χ2v) is 12.7. The molecule has 1 unspecified atom stereocenters. The number of amides is 2. The quantitative estimate of drug-likeness (QED) is 0.257. The number of carbonyl (C=O) groups excluding carboxylic acids is 2. The average molecular weight is 525 g/mol. The SMILES string of the molecule is CSc1ccccc1C(=N)N1CCN(C[C@@H]2CCCC[C@H]2CN2C(=O)[C@@H]3[C@H](C2=O)[C@H]2CC[C@@H]3C2O)CC1. The van der Waals surface area contributed by atoms with Crippen LogP contribution in [0.5, 0.6) is 0 Å². The molecule has 5 fully saturated rings. The van der Waals surface area contributed by atoms with Gasteiger partial charge in [-0.25, -0.2) is 0 Å². The van der Waals surface area contributed by atoms with Crippen LogP contribution in [-0.4, -0.2) is 89.1 Å². The molecule has 2 saturated heterocycles. The molecule has 3 aliphatic carbocycles. The Morgan fingerprint density at radius 3 is 2.14 bits per heavy atom. The van der Waals surface area contributed by atoms with E-state index in [-0.39, 0.29) is 35.5 Å². The van der Waals surface area contributed by atoms with Crippen LogP contribution in [0, 0.1) is 40.9 Å². The van der Waals surface area contributed by atoms with Crippen molar-refractivity contribution in [3.63, 3.8) is 0 Å². The van der Waals surface area contributed by atoms with Gasteiger partial charge >= 0.3 is 0 Å². The van der Waals surface area contributed by atoms with E-state index in [1.165, 1.54) is 12.8 Å². The number of thioether (sulfide) groups is 1. The summed E-state index contributed by atoms with van der Waals surface area (Å²) in [4.78, 5) is 34.1. The summed E-state index contributed by atoms with van der Waals surface area (Å²) in [6.45, 7) is 5.19. The van der Waals surface area contributed by atoms with Crippen LogP contribution in [0.15, 0.2) is 29.2 Å². The number of piperazine rings is 1. The minimum absolute atomic E-state index is 0.00299. The predicted octanol–water partition coefficient (Wildman–Crippen LogP) is 3.16. The number of aliphatic hydroxyl groups excluding tert-OH is 1. The second-order valence-electron chi connectivity index (χ2n) is 11.9. The van der Waals surface area contributed by atoms with Gasteiger partial charge in [0.2, 0.25) is 11.8 Å². The summed E-state index contributed by atoms with van der Waals surface area (Å²) < 4.78 is 0. The number of benzene rings is 1. The fourth-order valence-electron chi connectivity index (χ4n) is 8.18. The van der Waals surface area contributed by atoms with E-state index in [1.807, 2.05) is 12.1 Å². The topological polar surface area (TPSA) is 87.9 Å². The van der Waals surface area contributed by atoms with Gasteiger partial charge in [-0.1, -0.05) is 31.0 Å². The highest BCUT2D eigenvalue weighted by Gasteiger charge is 2.65. The van der Waals surface area contributed by atoms with Gasteiger partial charge in [-0.15, -0.1) is 11.8 Å². The summed E-state index contributed by atoms with van der Waals surface area (Å²) in [6, 6.07) is 8.18. The van der Waals surface area contributed by atoms with Gasteiger partial charge in [0.05, 0.1) is 17.9 Å². The molecular weight excluding hydrogens is 484 g/mol. The molecule has 5 aliphatic rings. The number of rotatable bonds is 6. The molecule has 7 nitrogen and oxygen atoms in total. The van der Waals surface area contributed by atoms with Crippen molar-refractivity contribution < 1.29 is 14.7 Å². The Balaban J connectivity index is 1.06. The summed E-state index contributed by atoms with van der Waals surface area (Å²) >= 11 is 1.69. The van der Waals surface area contributed by atoms with Crippen LogP contribution in [0.4, 0.5) is 0 Å². The van der Waals surface area contributed by atoms with Gasteiger partial charge in [0.15, 0.2) is 0 Å². The number of carbonyl (C=O) groups is 2. The number of fused-ring (bicyclic) bond motifs is 5. The van der Waals surface area contributed by atoms with Crippen LogP contribution in [-0.2, 0) is 9.59 Å². The third kappa shape index (κ3) is 4.43. The first-order chi connectivity index (χ1) is 18.0. The normalized spacial score (nSPS) is 35.9. The van der Waals surface area contributed by atoms with Crippen LogP contribution in [0.25, 0.3) is 0 Å². The van der Waals surface area contributed by atoms with Crippen molar-refractivity contribution in [2.45, 2.75) is 49.5 Å². The summed E-state index contributed by atoms with van der Waals surface area (Å²) in [5.41, 5.74) is 1.02. The minimum atomic E-state index is -0.457. The van der Waals surface area contributed by atoms with Gasteiger partial charge in [0, 0.05) is 49.7 Å². The molecular formula is C29H40N4O3S. The van der Waals surface area contributed by atoms with E-state index in [4.69, 9.17) is 5.41 Å². The van der Waals surface area contributed by atoms with Gasteiger partial charge in [-0.2, -0.15) is 0 Å². The first kappa shape index (κ1) is 25.4. The third-order valence-electron chi connectivity index (χ3n) is 10.1. The van der Waals surface area contributed by atoms with Crippen molar-refractivity contribution in [3.8, 4) is 0 Å². The molecule has 2 N–H and O–H groups in total. The Bertz CT molecular complexity index is 1030. The van der Waals surface area contributed by atoms with Gasteiger partial charge in [0.25, 0.3) is 0 Å². The zero-order valence-corrected chi connectivity index (χ0v) is 22.7. The highest BCUT2D eigenvalue weighted by Crippen LogP contribution is 2.56. The Kier molecular flexibility index (Phi) is 7.10. The number of nitrogens with zero attached hydrogens (tertiary/aromatic N) is 3. The average Bonchev–Trinajstić information content (AvgIpc) is 3.52. The van der Waals surface area contributed by atoms with Crippen molar-refractivity contribution in [3.05, 3.63) is 29.8 Å². The fraction of sp³-hybridized carbons (Fsp3) is 0.690. The highest BCUT2D eigenvalue weighted by molar-refractivity contribution is 7.98. The van der Waals surface area contributed by atoms with Crippen LogP contribution < -0.4 is 0 Å². The van der Waals surface area contributed by atoms with Crippen molar-refractivity contribution >= 4 is 29.4 Å². The number of aliphatic hydroxyl groups is 1. The fourth-order valence-corrected chi connectivity index (χ4v) is 8.78. The Labute approximate surface area is 224 Å². The molecule has 2 aliphatic heterocycles. The highest BCUT2D eigenvalue weighted by atomic mass is 32.2. The summed E-state index contributed by atoms with van der Waals surface area (Å²) in [5.74, 6) is 0.967. The molecule has 1 aromatic rings. The predicted molar refractivity (Wildman–Crippen MR) is 144 cm³/mol. The van der Waals surface area contributed by atoms with E-state index in [2.05, 4.69) is 28.2 Å². The molecule has 1 aromatic carbocycles. The van der Waals surface area contributed by atoms with E-state index in [9.17, 15) is 14.7 Å². The molecule has 8 heteroatoms. The smallest absolute Gasteiger partial charge is 0.233 e. The zero-order chi connectivity index (χ0) is 25.7. The molecule has 0 radical (unpaired) electrons. The van der Waals surface area contributed by atoms with E-state index in [0.29, 0.717) is 24.2 Å². The van der Waals surface area contributed by atoms with Crippen molar-refractivity contribution in [1.29, 1.82) is 5.41 Å². The molecule has 37 heavy (non-hydrogen) atoms.